The van der Waals surface area contributed by atoms with Crippen molar-refractivity contribution in [3.63, 3.8) is 0 Å². The summed E-state index contributed by atoms with van der Waals surface area (Å²) in [5.41, 5.74) is 0.582. The van der Waals surface area contributed by atoms with E-state index in [4.69, 9.17) is 42.6 Å². The van der Waals surface area contributed by atoms with Crippen molar-refractivity contribution in [2.75, 3.05) is 6.61 Å². The second kappa shape index (κ2) is 25.4. The molecule has 15 nitrogen and oxygen atoms in total. The molecule has 0 bridgehead atoms. The van der Waals surface area contributed by atoms with Crippen molar-refractivity contribution in [3.05, 3.63) is 245 Å². The molecular formula is C61H52O15S. The molecule has 0 saturated carbocycles. The molecule has 0 aliphatic carbocycles. The summed E-state index contributed by atoms with van der Waals surface area (Å²) in [5.74, 6) is -5.02. The number of hydrogen-bond donors (Lipinski definition) is 0. The van der Waals surface area contributed by atoms with E-state index < -0.39 is 103 Å². The quantitative estimate of drug-likeness (QED) is 0.0619. The summed E-state index contributed by atoms with van der Waals surface area (Å²) in [4.78, 5) is 85.9. The summed E-state index contributed by atoms with van der Waals surface area (Å²) >= 11 is 1.14. The van der Waals surface area contributed by atoms with E-state index in [-0.39, 0.29) is 33.4 Å². The summed E-state index contributed by atoms with van der Waals surface area (Å²) in [6.07, 6.45) is -14.1. The maximum Gasteiger partial charge on any atom is 0.338 e. The van der Waals surface area contributed by atoms with Crippen LogP contribution < -0.4 is 0 Å². The van der Waals surface area contributed by atoms with Crippen LogP contribution in [0.4, 0.5) is 0 Å². The summed E-state index contributed by atoms with van der Waals surface area (Å²) in [6, 6.07) is 56.0. The molecule has 0 spiro atoms. The second-order valence-corrected chi connectivity index (χ2v) is 19.1. The van der Waals surface area contributed by atoms with E-state index in [0.717, 1.165) is 17.3 Å². The fourth-order valence-corrected chi connectivity index (χ4v) is 9.69. The van der Waals surface area contributed by atoms with Gasteiger partial charge in [0.05, 0.1) is 39.5 Å². The van der Waals surface area contributed by atoms with Gasteiger partial charge in [-0.05, 0) is 98.8 Å². The van der Waals surface area contributed by atoms with Gasteiger partial charge in [0.1, 0.15) is 24.3 Å². The molecule has 0 radical (unpaired) electrons. The largest absolute Gasteiger partial charge is 0.459 e. The fourth-order valence-electron chi connectivity index (χ4n) is 8.59. The van der Waals surface area contributed by atoms with Crippen LogP contribution in [0.25, 0.3) is 0 Å². The van der Waals surface area contributed by atoms with Crippen molar-refractivity contribution >= 4 is 47.6 Å². The first-order valence-electron chi connectivity index (χ1n) is 24.7. The predicted molar refractivity (Wildman–Crippen MR) is 280 cm³/mol. The van der Waals surface area contributed by atoms with Gasteiger partial charge in [-0.3, -0.25) is 0 Å². The van der Waals surface area contributed by atoms with Crippen LogP contribution in [0.1, 0.15) is 74.6 Å². The van der Waals surface area contributed by atoms with Gasteiger partial charge in [-0.15, -0.1) is 0 Å². The number of ether oxygens (including phenoxy) is 9. The summed E-state index contributed by atoms with van der Waals surface area (Å²) in [5, 5.41) is 0. The van der Waals surface area contributed by atoms with E-state index in [1.54, 1.807) is 140 Å². The molecule has 77 heavy (non-hydrogen) atoms. The van der Waals surface area contributed by atoms with Crippen LogP contribution in [-0.2, 0) is 42.6 Å². The fraction of sp³-hybridized carbons (Fsp3) is 0.213. The molecule has 7 aromatic carbocycles. The maximum atomic E-state index is 14.5. The van der Waals surface area contributed by atoms with Gasteiger partial charge in [-0.2, -0.15) is 0 Å². The van der Waals surface area contributed by atoms with Gasteiger partial charge >= 0.3 is 35.8 Å². The van der Waals surface area contributed by atoms with E-state index in [2.05, 4.69) is 0 Å². The van der Waals surface area contributed by atoms with Gasteiger partial charge in [-0.1, -0.05) is 139 Å². The molecule has 0 amide bonds. The number of thioether (sulfide) groups is 1. The molecule has 392 valence electrons. The van der Waals surface area contributed by atoms with Gasteiger partial charge in [0.15, 0.2) is 36.8 Å². The zero-order valence-corrected chi connectivity index (χ0v) is 42.5. The van der Waals surface area contributed by atoms with Crippen LogP contribution in [0.5, 0.6) is 0 Å². The Morgan fingerprint density at radius 3 is 1.16 bits per heavy atom. The van der Waals surface area contributed by atoms with Gasteiger partial charge in [0.2, 0.25) is 0 Å². The Balaban J connectivity index is 1.19. The number of aryl methyl sites for hydroxylation is 1. The van der Waals surface area contributed by atoms with E-state index in [0.29, 0.717) is 4.90 Å². The minimum absolute atomic E-state index is 0.0843. The average Bonchev–Trinajstić information content (AvgIpc) is 3.50. The average molecular weight is 1060 g/mol. The molecule has 0 N–H and O–H groups in total. The molecule has 2 saturated heterocycles. The third-order valence-electron chi connectivity index (χ3n) is 12.5. The van der Waals surface area contributed by atoms with Crippen molar-refractivity contribution in [1.29, 1.82) is 0 Å². The number of rotatable bonds is 17. The van der Waals surface area contributed by atoms with Crippen molar-refractivity contribution in [2.24, 2.45) is 0 Å². The number of carbonyl (C=O) groups excluding carboxylic acids is 6. The van der Waals surface area contributed by atoms with Crippen LogP contribution >= 0.6 is 11.8 Å². The van der Waals surface area contributed by atoms with E-state index in [1.165, 1.54) is 48.5 Å². The van der Waals surface area contributed by atoms with Gasteiger partial charge in [-0.25, -0.2) is 28.8 Å². The normalized spacial score (nSPS) is 22.8. The molecule has 7 aromatic rings. The lowest BCUT2D eigenvalue weighted by Gasteiger charge is -2.48. The first kappa shape index (κ1) is 53.4. The standard InChI is InChI=1S/C61H52O15S/c1-38-33-35-46(36-34-38)77-61-53(75-59(67)45-31-19-8-20-32-45)51(49(72-56(64)42-25-13-5-14-26-42)47(70-61)37-68-54(62)40-21-9-3-10-22-40)76-60-52(74-58(66)44-29-17-7-18-30-44)50(73-57(65)43-27-15-6-16-28-43)48(39(2)69-60)71-55(63)41-23-11-4-12-24-41/h3-36,39,47-53,60-61H,37H2,1-2H3/t39-,47+,48-,49-,50+,51-,52+,53+,60-,61-/m0/s1. The van der Waals surface area contributed by atoms with E-state index >= 15 is 0 Å². The molecule has 10 atom stereocenters. The zero-order chi connectivity index (χ0) is 53.7. The predicted octanol–water partition coefficient (Wildman–Crippen LogP) is 9.93. The molecule has 2 aliphatic rings. The van der Waals surface area contributed by atoms with Crippen molar-refractivity contribution in [2.45, 2.75) is 79.3 Å². The van der Waals surface area contributed by atoms with Gasteiger partial charge < -0.3 is 42.6 Å². The van der Waals surface area contributed by atoms with E-state index in [1.807, 2.05) is 31.2 Å². The number of benzene rings is 7. The highest BCUT2D eigenvalue weighted by Gasteiger charge is 2.57. The molecule has 0 aromatic heterocycles. The lowest BCUT2D eigenvalue weighted by Crippen LogP contribution is -2.66. The molecule has 0 unspecified atom stereocenters. The first-order chi connectivity index (χ1) is 37.5. The van der Waals surface area contributed by atoms with Crippen molar-refractivity contribution < 1.29 is 71.4 Å². The number of carbonyl (C=O) groups is 6. The molecular weight excluding hydrogens is 1000 g/mol. The highest BCUT2D eigenvalue weighted by atomic mass is 32.2. The third-order valence-corrected chi connectivity index (χ3v) is 13.7. The number of hydrogen-bond acceptors (Lipinski definition) is 16. The van der Waals surface area contributed by atoms with Crippen LogP contribution in [-0.4, -0.2) is 103 Å². The van der Waals surface area contributed by atoms with E-state index in [9.17, 15) is 28.8 Å². The van der Waals surface area contributed by atoms with Crippen LogP contribution in [0.3, 0.4) is 0 Å². The van der Waals surface area contributed by atoms with Gasteiger partial charge in [0, 0.05) is 4.90 Å². The lowest BCUT2D eigenvalue weighted by atomic mass is 9.96. The van der Waals surface area contributed by atoms with Crippen LogP contribution in [0.15, 0.2) is 211 Å². The molecule has 2 heterocycles. The Morgan fingerprint density at radius 1 is 0.390 bits per heavy atom. The van der Waals surface area contributed by atoms with Crippen molar-refractivity contribution in [1.82, 2.24) is 0 Å². The monoisotopic (exact) mass is 1060 g/mol. The van der Waals surface area contributed by atoms with Gasteiger partial charge in [0.25, 0.3) is 0 Å². The SMILES string of the molecule is Cc1ccc(S[C@@H]2O[C@H](COC(=O)c3ccccc3)[C@H](OC(=O)c3ccccc3)[C@H](O[C@@H]3O[C@@H](C)[C@H](OC(=O)c4ccccc4)[C@@H](OC(=O)c4ccccc4)[C@H]3OC(=O)c3ccccc3)[C@H]2OC(=O)c2ccccc2)cc1. The summed E-state index contributed by atoms with van der Waals surface area (Å²) in [7, 11) is 0. The smallest absolute Gasteiger partial charge is 0.338 e. The van der Waals surface area contributed by atoms with Crippen LogP contribution in [0.2, 0.25) is 0 Å². The minimum Gasteiger partial charge on any atom is -0.459 e. The minimum atomic E-state index is -1.81. The molecule has 2 aliphatic heterocycles. The third kappa shape index (κ3) is 13.5. The topological polar surface area (TPSA) is 185 Å². The number of esters is 6. The Bertz CT molecular complexity index is 3100. The summed E-state index contributed by atoms with van der Waals surface area (Å²) in [6.45, 7) is 2.93. The molecule has 9 rings (SSSR count). The Hall–Kier alpha value is -8.41. The first-order valence-corrected chi connectivity index (χ1v) is 25.6. The molecule has 16 heteroatoms. The van der Waals surface area contributed by atoms with Crippen molar-refractivity contribution in [3.8, 4) is 0 Å². The highest BCUT2D eigenvalue weighted by Crippen LogP contribution is 2.41. The Labute approximate surface area is 448 Å². The zero-order valence-electron chi connectivity index (χ0n) is 41.6. The molecule has 2 fully saturated rings. The summed E-state index contributed by atoms with van der Waals surface area (Å²) < 4.78 is 58.1. The lowest BCUT2D eigenvalue weighted by molar-refractivity contribution is -0.329. The van der Waals surface area contributed by atoms with Crippen LogP contribution in [0, 0.1) is 6.92 Å². The Kier molecular flexibility index (Phi) is 17.6. The second-order valence-electron chi connectivity index (χ2n) is 17.9. The Morgan fingerprint density at radius 2 is 0.740 bits per heavy atom. The highest BCUT2D eigenvalue weighted by molar-refractivity contribution is 7.99. The maximum absolute atomic E-state index is 14.5.